The van der Waals surface area contributed by atoms with Crippen molar-refractivity contribution in [3.63, 3.8) is 0 Å². The summed E-state index contributed by atoms with van der Waals surface area (Å²) in [6, 6.07) is 10.1. The molecule has 0 amide bonds. The number of rotatable bonds is 6. The Kier molecular flexibility index (Phi) is 3.99. The molecule has 7 atom stereocenters. The molecule has 4 fully saturated rings. The van der Waals surface area contributed by atoms with Gasteiger partial charge in [0.1, 0.15) is 12.4 Å². The zero-order valence-corrected chi connectivity index (χ0v) is 17.1. The summed E-state index contributed by atoms with van der Waals surface area (Å²) in [5.41, 5.74) is 2.33. The van der Waals surface area contributed by atoms with Gasteiger partial charge in [0.2, 0.25) is 0 Å². The third-order valence-corrected chi connectivity index (χ3v) is 8.23. The van der Waals surface area contributed by atoms with Crippen LogP contribution in [0.5, 0.6) is 0 Å². The van der Waals surface area contributed by atoms with Crippen molar-refractivity contribution in [2.24, 2.45) is 29.1 Å². The Morgan fingerprint density at radius 2 is 2.04 bits per heavy atom. The molecule has 4 aliphatic rings. The lowest BCUT2D eigenvalue weighted by Crippen LogP contribution is -2.92. The molecule has 4 heteroatoms. The van der Waals surface area contributed by atoms with Crippen LogP contribution in [0.15, 0.2) is 66.9 Å². The van der Waals surface area contributed by atoms with Gasteiger partial charge in [-0.1, -0.05) is 69.4 Å². The van der Waals surface area contributed by atoms with E-state index in [1.54, 1.807) is 0 Å². The van der Waals surface area contributed by atoms with Crippen molar-refractivity contribution < 1.29 is 14.0 Å². The lowest BCUT2D eigenvalue weighted by molar-refractivity contribution is -0.443. The number of benzene rings is 1. The molecule has 1 heterocycles. The van der Waals surface area contributed by atoms with Crippen molar-refractivity contribution >= 4 is 7.12 Å². The highest BCUT2D eigenvalue weighted by molar-refractivity contribution is 6.51. The monoisotopic (exact) mass is 376 g/mol. The van der Waals surface area contributed by atoms with Crippen molar-refractivity contribution in [3.05, 3.63) is 72.4 Å². The van der Waals surface area contributed by atoms with Gasteiger partial charge in [-0.2, -0.15) is 0 Å². The first-order valence-corrected chi connectivity index (χ1v) is 10.5. The van der Waals surface area contributed by atoms with Crippen LogP contribution < -0.4 is 0 Å². The topological polar surface area (TPSA) is 27.7 Å². The number of fused-ring (bicyclic) bond motifs is 1. The Hall–Kier alpha value is -1.78. The Morgan fingerprint density at radius 3 is 2.75 bits per heavy atom. The van der Waals surface area contributed by atoms with E-state index in [4.69, 9.17) is 14.0 Å². The molecule has 28 heavy (non-hydrogen) atoms. The number of allylic oxidation sites excluding steroid dienone is 1. The predicted octanol–water partition coefficient (Wildman–Crippen LogP) is 4.95. The van der Waals surface area contributed by atoms with E-state index >= 15 is 0 Å². The molecule has 146 valence electrons. The molecule has 1 saturated heterocycles. The third kappa shape index (κ3) is 2.19. The standard InChI is InChI=1S/C24H29BO3/c1-15(18(4)26-14-19-9-7-6-8-10-19)11-12-25-27-21-17(3)24-16(2)13-20(24)23(5,28-25)22(21)24/h6-12,16-17,20-22H,1,4,13-14H2,2-3,5H3/b12-11-. The maximum absolute atomic E-state index is 6.44. The highest BCUT2D eigenvalue weighted by Crippen LogP contribution is 2.84. The molecule has 1 aliphatic heterocycles. The zero-order valence-electron chi connectivity index (χ0n) is 17.1. The molecule has 1 aromatic rings. The summed E-state index contributed by atoms with van der Waals surface area (Å²) in [6.07, 6.45) is 3.52. The van der Waals surface area contributed by atoms with Gasteiger partial charge >= 0.3 is 7.12 Å². The highest BCUT2D eigenvalue weighted by atomic mass is 16.6. The van der Waals surface area contributed by atoms with E-state index in [9.17, 15) is 0 Å². The minimum atomic E-state index is -0.318. The molecule has 7 unspecified atom stereocenters. The Bertz CT molecular complexity index is 849. The molecule has 0 N–H and O–H groups in total. The van der Waals surface area contributed by atoms with Gasteiger partial charge in [0.15, 0.2) is 0 Å². The molecule has 5 rings (SSSR count). The average molecular weight is 376 g/mol. The number of ether oxygens (including phenoxy) is 1. The number of hydrogen-bond acceptors (Lipinski definition) is 3. The molecule has 0 radical (unpaired) electrons. The molecule has 0 bridgehead atoms. The van der Waals surface area contributed by atoms with E-state index in [0.717, 1.165) is 17.1 Å². The quantitative estimate of drug-likeness (QED) is 0.399. The van der Waals surface area contributed by atoms with Gasteiger partial charge < -0.3 is 14.0 Å². The molecular weight excluding hydrogens is 347 g/mol. The molecule has 1 spiro atoms. The highest BCUT2D eigenvalue weighted by Gasteiger charge is 2.87. The van der Waals surface area contributed by atoms with Crippen molar-refractivity contribution in [1.29, 1.82) is 0 Å². The van der Waals surface area contributed by atoms with Crippen molar-refractivity contribution in [2.45, 2.75) is 45.5 Å². The first-order chi connectivity index (χ1) is 13.4. The van der Waals surface area contributed by atoms with Crippen LogP contribution in [0.4, 0.5) is 0 Å². The second kappa shape index (κ2) is 6.11. The fourth-order valence-electron chi connectivity index (χ4n) is 6.92. The zero-order chi connectivity index (χ0) is 19.7. The summed E-state index contributed by atoms with van der Waals surface area (Å²) in [7, 11) is -0.318. The molecule has 3 aliphatic carbocycles. The predicted molar refractivity (Wildman–Crippen MR) is 111 cm³/mol. The van der Waals surface area contributed by atoms with Gasteiger partial charge in [-0.15, -0.1) is 0 Å². The number of hydrogen-bond donors (Lipinski definition) is 0. The van der Waals surface area contributed by atoms with Gasteiger partial charge in [0, 0.05) is 11.5 Å². The Morgan fingerprint density at radius 1 is 1.29 bits per heavy atom. The Labute approximate surface area is 168 Å². The second-order valence-corrected chi connectivity index (χ2v) is 9.31. The molecular formula is C24H29BO3. The fourth-order valence-corrected chi connectivity index (χ4v) is 6.92. The lowest BCUT2D eigenvalue weighted by Gasteiger charge is -2.88. The van der Waals surface area contributed by atoms with Crippen LogP contribution in [0.25, 0.3) is 0 Å². The summed E-state index contributed by atoms with van der Waals surface area (Å²) in [5.74, 6) is 5.25. The van der Waals surface area contributed by atoms with Gasteiger partial charge in [0.25, 0.3) is 0 Å². The smallest absolute Gasteiger partial charge is 0.486 e. The minimum Gasteiger partial charge on any atom is -0.489 e. The van der Waals surface area contributed by atoms with Gasteiger partial charge in [0.05, 0.1) is 11.7 Å². The summed E-state index contributed by atoms with van der Waals surface area (Å²) >= 11 is 0. The largest absolute Gasteiger partial charge is 0.489 e. The molecule has 0 aromatic heterocycles. The van der Waals surface area contributed by atoms with Crippen LogP contribution in [0.1, 0.15) is 32.8 Å². The van der Waals surface area contributed by atoms with E-state index in [1.807, 2.05) is 42.4 Å². The molecule has 1 aromatic carbocycles. The van der Waals surface area contributed by atoms with Crippen LogP contribution in [0.2, 0.25) is 0 Å². The Balaban J connectivity index is 1.20. The maximum atomic E-state index is 6.44. The fraction of sp³-hybridized carbons (Fsp3) is 0.500. The summed E-state index contributed by atoms with van der Waals surface area (Å²) < 4.78 is 18.5. The van der Waals surface area contributed by atoms with E-state index in [-0.39, 0.29) is 12.7 Å². The van der Waals surface area contributed by atoms with Crippen molar-refractivity contribution in [2.75, 3.05) is 0 Å². The van der Waals surface area contributed by atoms with Crippen molar-refractivity contribution in [3.8, 4) is 0 Å². The summed E-state index contributed by atoms with van der Waals surface area (Å²) in [4.78, 5) is 0. The van der Waals surface area contributed by atoms with Crippen LogP contribution in [-0.2, 0) is 20.7 Å². The lowest BCUT2D eigenvalue weighted by atomic mass is 9.20. The van der Waals surface area contributed by atoms with Crippen LogP contribution in [0.3, 0.4) is 0 Å². The second-order valence-electron chi connectivity index (χ2n) is 9.31. The molecule has 3 saturated carbocycles. The minimum absolute atomic E-state index is 0.0287. The molecule has 3 nitrogen and oxygen atoms in total. The normalized spacial score (nSPS) is 42.5. The van der Waals surface area contributed by atoms with Crippen molar-refractivity contribution in [1.82, 2.24) is 0 Å². The van der Waals surface area contributed by atoms with Gasteiger partial charge in [-0.25, -0.2) is 0 Å². The summed E-state index contributed by atoms with van der Waals surface area (Å²) in [5, 5.41) is 0. The van der Waals surface area contributed by atoms with Crippen LogP contribution in [0, 0.1) is 29.1 Å². The third-order valence-electron chi connectivity index (χ3n) is 8.23. The first-order valence-electron chi connectivity index (χ1n) is 10.5. The van der Waals surface area contributed by atoms with E-state index < -0.39 is 0 Å². The van der Waals surface area contributed by atoms with Crippen LogP contribution >= 0.6 is 0 Å². The SMILES string of the molecule is C=C(/C=C\B1OC2C(C)C34C(C)CC3C(C)(O1)C24)C(=C)OCc1ccccc1. The summed E-state index contributed by atoms with van der Waals surface area (Å²) in [6.45, 7) is 15.6. The first kappa shape index (κ1) is 18.3. The maximum Gasteiger partial charge on any atom is 0.486 e. The van der Waals surface area contributed by atoms with Gasteiger partial charge in [-0.3, -0.25) is 0 Å². The van der Waals surface area contributed by atoms with Gasteiger partial charge in [-0.05, 0) is 42.1 Å². The average Bonchev–Trinajstić information content (AvgIpc) is 2.69. The van der Waals surface area contributed by atoms with E-state index in [2.05, 4.69) is 33.9 Å². The van der Waals surface area contributed by atoms with E-state index in [1.165, 1.54) is 6.42 Å². The van der Waals surface area contributed by atoms with Crippen LogP contribution in [-0.4, -0.2) is 18.8 Å². The van der Waals surface area contributed by atoms with E-state index in [0.29, 0.717) is 41.6 Å².